The van der Waals surface area contributed by atoms with Crippen molar-refractivity contribution in [2.45, 2.75) is 20.8 Å². The smallest absolute Gasteiger partial charge is 0.0830 e. The molecule has 0 amide bonds. The highest BCUT2D eigenvalue weighted by Gasteiger charge is 1.93. The monoisotopic (exact) mass is 211 g/mol. The van der Waals surface area contributed by atoms with E-state index in [4.69, 9.17) is 0 Å². The highest BCUT2D eigenvalue weighted by atomic mass is 127. The van der Waals surface area contributed by atoms with Crippen LogP contribution in [0.1, 0.15) is 20.8 Å². The third-order valence-corrected chi connectivity index (χ3v) is 1.73. The van der Waals surface area contributed by atoms with Gasteiger partial charge in [-0.15, -0.1) is 0 Å². The molecule has 0 spiro atoms. The Hall–Kier alpha value is 0.400. The van der Waals surface area contributed by atoms with Crippen molar-refractivity contribution in [2.75, 3.05) is 0 Å². The van der Waals surface area contributed by atoms with E-state index in [0.29, 0.717) is 5.92 Å². The third kappa shape index (κ3) is 3.02. The quantitative estimate of drug-likeness (QED) is 0.466. The molecule has 0 aromatic heterocycles. The Morgan fingerprint density at radius 3 is 2.00 bits per heavy atom. The maximum absolute atomic E-state index is 3.97. The fourth-order valence-electron chi connectivity index (χ4n) is 0.0976. The maximum Gasteiger partial charge on any atom is 0.0830 e. The minimum atomic E-state index is 0.608. The number of hydrogen-bond donors (Lipinski definition) is 0. The summed E-state index contributed by atoms with van der Waals surface area (Å²) in [5, 5.41) is 0. The molecule has 0 fully saturated rings. The van der Waals surface area contributed by atoms with Gasteiger partial charge in [-0.25, -0.2) is 3.21 Å². The molecule has 0 saturated heterocycles. The van der Waals surface area contributed by atoms with E-state index < -0.39 is 0 Å². The Bertz CT molecular complexity index is 76.1. The summed E-state index contributed by atoms with van der Waals surface area (Å²) < 4.78 is 3.97. The highest BCUT2D eigenvalue weighted by molar-refractivity contribution is 14.1. The summed E-state index contributed by atoms with van der Waals surface area (Å²) in [4.78, 5) is 0. The number of hydrogen-bond acceptors (Lipinski definition) is 1. The first-order valence-electron chi connectivity index (χ1n) is 2.34. The predicted molar refractivity (Wildman–Crippen MR) is 42.0 cm³/mol. The average molecular weight is 211 g/mol. The van der Waals surface area contributed by atoms with E-state index in [1.54, 1.807) is 0 Å². The Morgan fingerprint density at radius 2 is 2.00 bits per heavy atom. The van der Waals surface area contributed by atoms with Crippen LogP contribution in [-0.2, 0) is 0 Å². The number of halogens is 1. The van der Waals surface area contributed by atoms with Crippen LogP contribution in [0.15, 0.2) is 3.21 Å². The van der Waals surface area contributed by atoms with Gasteiger partial charge in [0, 0.05) is 5.71 Å². The van der Waals surface area contributed by atoms with Crippen LogP contribution in [0, 0.1) is 5.92 Å². The summed E-state index contributed by atoms with van der Waals surface area (Å²) in [5.74, 6) is 0.608. The van der Waals surface area contributed by atoms with Crippen molar-refractivity contribution < 1.29 is 0 Å². The Balaban J connectivity index is 3.56. The van der Waals surface area contributed by atoms with Crippen molar-refractivity contribution in [1.29, 1.82) is 0 Å². The second kappa shape index (κ2) is 3.41. The van der Waals surface area contributed by atoms with Gasteiger partial charge in [0.25, 0.3) is 0 Å². The second-order valence-corrected chi connectivity index (χ2v) is 2.36. The molecule has 0 atom stereocenters. The maximum atomic E-state index is 3.97. The van der Waals surface area contributed by atoms with Crippen molar-refractivity contribution in [3.8, 4) is 0 Å². The fraction of sp³-hybridized carbons (Fsp3) is 0.800. The highest BCUT2D eigenvalue weighted by Crippen LogP contribution is 1.98. The van der Waals surface area contributed by atoms with Crippen molar-refractivity contribution >= 4 is 28.6 Å². The van der Waals surface area contributed by atoms with Crippen LogP contribution in [0.4, 0.5) is 0 Å². The Morgan fingerprint density at radius 1 is 1.57 bits per heavy atom. The lowest BCUT2D eigenvalue weighted by molar-refractivity contribution is 0.884. The Kier molecular flexibility index (Phi) is 3.60. The van der Waals surface area contributed by atoms with Gasteiger partial charge in [0.15, 0.2) is 0 Å². The van der Waals surface area contributed by atoms with E-state index in [2.05, 4.69) is 17.1 Å². The lowest BCUT2D eigenvalue weighted by atomic mass is 10.1. The van der Waals surface area contributed by atoms with Crippen molar-refractivity contribution in [1.82, 2.24) is 0 Å². The lowest BCUT2D eigenvalue weighted by Gasteiger charge is -1.97. The summed E-state index contributed by atoms with van der Waals surface area (Å²) in [6, 6.07) is 0. The van der Waals surface area contributed by atoms with Crippen molar-refractivity contribution in [3.05, 3.63) is 0 Å². The summed E-state index contributed by atoms with van der Waals surface area (Å²) in [5.41, 5.74) is 1.21. The van der Waals surface area contributed by atoms with E-state index in [-0.39, 0.29) is 0 Å². The summed E-state index contributed by atoms with van der Waals surface area (Å²) >= 11 is 2.02. The summed E-state index contributed by atoms with van der Waals surface area (Å²) in [7, 11) is 0. The summed E-state index contributed by atoms with van der Waals surface area (Å²) in [6.45, 7) is 6.31. The molecule has 0 rings (SSSR count). The number of rotatable bonds is 1. The van der Waals surface area contributed by atoms with E-state index in [9.17, 15) is 0 Å². The SMILES string of the molecule is C/C(=N/I)C(C)C. The standard InChI is InChI=1S/C5H10IN/c1-4(2)5(3)7-6/h4H,1-3H3/b7-5-. The molecule has 0 unspecified atom stereocenters. The van der Waals surface area contributed by atoms with Crippen molar-refractivity contribution in [3.63, 3.8) is 0 Å². The molecule has 0 aliphatic heterocycles. The van der Waals surface area contributed by atoms with E-state index in [1.807, 2.05) is 29.8 Å². The molecule has 2 heteroatoms. The van der Waals surface area contributed by atoms with Gasteiger partial charge in [0.05, 0.1) is 22.9 Å². The molecule has 0 N–H and O–H groups in total. The molecule has 0 saturated carbocycles. The first kappa shape index (κ1) is 7.40. The van der Waals surface area contributed by atoms with Gasteiger partial charge in [-0.3, -0.25) is 0 Å². The average Bonchev–Trinajstić information content (AvgIpc) is 1.65. The van der Waals surface area contributed by atoms with E-state index in [1.165, 1.54) is 5.71 Å². The molecule has 0 bridgehead atoms. The lowest BCUT2D eigenvalue weighted by Crippen LogP contribution is -1.98. The zero-order valence-electron chi connectivity index (χ0n) is 4.90. The molecule has 0 radical (unpaired) electrons. The minimum Gasteiger partial charge on any atom is -0.224 e. The zero-order chi connectivity index (χ0) is 5.86. The zero-order valence-corrected chi connectivity index (χ0v) is 7.06. The molecule has 0 aliphatic rings. The first-order chi connectivity index (χ1) is 3.18. The van der Waals surface area contributed by atoms with E-state index in [0.717, 1.165) is 0 Å². The third-order valence-electron chi connectivity index (χ3n) is 0.969. The van der Waals surface area contributed by atoms with Gasteiger partial charge in [0.2, 0.25) is 0 Å². The molecule has 7 heavy (non-hydrogen) atoms. The predicted octanol–water partition coefficient (Wildman–Crippen LogP) is 2.45. The largest absolute Gasteiger partial charge is 0.224 e. The minimum absolute atomic E-state index is 0.608. The van der Waals surface area contributed by atoms with Crippen molar-refractivity contribution in [2.24, 2.45) is 9.12 Å². The molecule has 0 heterocycles. The van der Waals surface area contributed by atoms with Crippen LogP contribution in [0.25, 0.3) is 0 Å². The van der Waals surface area contributed by atoms with Crippen LogP contribution in [-0.4, -0.2) is 5.71 Å². The normalized spacial score (nSPS) is 13.0. The van der Waals surface area contributed by atoms with Crippen LogP contribution in [0.3, 0.4) is 0 Å². The fourth-order valence-corrected chi connectivity index (χ4v) is 0.655. The molecule has 0 aliphatic carbocycles. The molecular formula is C5H10IN. The second-order valence-electron chi connectivity index (χ2n) is 1.88. The van der Waals surface area contributed by atoms with Gasteiger partial charge < -0.3 is 0 Å². The topological polar surface area (TPSA) is 12.4 Å². The van der Waals surface area contributed by atoms with Gasteiger partial charge in [-0.05, 0) is 12.8 Å². The van der Waals surface area contributed by atoms with Gasteiger partial charge in [0.1, 0.15) is 0 Å². The molecule has 1 nitrogen and oxygen atoms in total. The van der Waals surface area contributed by atoms with Gasteiger partial charge in [-0.1, -0.05) is 13.8 Å². The van der Waals surface area contributed by atoms with Crippen LogP contribution < -0.4 is 0 Å². The van der Waals surface area contributed by atoms with Crippen LogP contribution in [0.2, 0.25) is 0 Å². The first-order valence-corrected chi connectivity index (χ1v) is 3.30. The van der Waals surface area contributed by atoms with E-state index >= 15 is 0 Å². The van der Waals surface area contributed by atoms with Crippen LogP contribution in [0.5, 0.6) is 0 Å². The molecular weight excluding hydrogens is 201 g/mol. The molecule has 42 valence electrons. The summed E-state index contributed by atoms with van der Waals surface area (Å²) in [6.07, 6.45) is 0. The molecule has 0 aromatic carbocycles. The number of nitrogens with zero attached hydrogens (tertiary/aromatic N) is 1. The van der Waals surface area contributed by atoms with Gasteiger partial charge in [-0.2, -0.15) is 0 Å². The Labute approximate surface area is 58.7 Å². The van der Waals surface area contributed by atoms with Gasteiger partial charge >= 0.3 is 0 Å². The molecule has 0 aromatic rings. The van der Waals surface area contributed by atoms with Crippen LogP contribution >= 0.6 is 22.9 Å².